The van der Waals surface area contributed by atoms with Crippen molar-refractivity contribution in [3.05, 3.63) is 59.3 Å². The van der Waals surface area contributed by atoms with E-state index in [0.717, 1.165) is 11.3 Å². The lowest BCUT2D eigenvalue weighted by atomic mass is 10.1. The molecule has 0 bridgehead atoms. The van der Waals surface area contributed by atoms with Crippen molar-refractivity contribution in [1.29, 1.82) is 0 Å². The lowest BCUT2D eigenvalue weighted by Crippen LogP contribution is -2.34. The Balaban J connectivity index is 2.02. The fourth-order valence-electron chi connectivity index (χ4n) is 1.76. The van der Waals surface area contributed by atoms with Gasteiger partial charge in [-0.2, -0.15) is 0 Å². The number of amides is 1. The van der Waals surface area contributed by atoms with Crippen LogP contribution in [0.2, 0.25) is 0 Å². The molecule has 0 aliphatic carbocycles. The third kappa shape index (κ3) is 3.61. The number of hydrogen-bond acceptors (Lipinski definition) is 3. The van der Waals surface area contributed by atoms with Crippen LogP contribution in [0.3, 0.4) is 0 Å². The van der Waals surface area contributed by atoms with Crippen molar-refractivity contribution in [3.63, 3.8) is 0 Å². The number of carbonyl (C=O) groups excluding carboxylic acids is 1. The van der Waals surface area contributed by atoms with Crippen LogP contribution >= 0.6 is 12.2 Å². The van der Waals surface area contributed by atoms with Crippen LogP contribution in [-0.4, -0.2) is 16.0 Å². The first-order valence-electron chi connectivity index (χ1n) is 6.18. The van der Waals surface area contributed by atoms with Crippen molar-refractivity contribution in [2.75, 3.05) is 5.32 Å². The van der Waals surface area contributed by atoms with Crippen molar-refractivity contribution in [3.8, 4) is 0 Å². The van der Waals surface area contributed by atoms with Crippen molar-refractivity contribution in [1.82, 2.24) is 10.3 Å². The number of carbonyl (C=O) groups is 1. The molecule has 1 aromatic heterocycles. The van der Waals surface area contributed by atoms with Crippen LogP contribution in [0, 0.1) is 13.8 Å². The molecule has 0 fully saturated rings. The highest BCUT2D eigenvalue weighted by Crippen LogP contribution is 2.07. The molecule has 2 aromatic rings. The molecule has 0 aliphatic rings. The number of benzene rings is 1. The summed E-state index contributed by atoms with van der Waals surface area (Å²) in [6, 6.07) is 12.9. The van der Waals surface area contributed by atoms with Crippen LogP contribution in [0.1, 0.15) is 21.6 Å². The second-order valence-corrected chi connectivity index (χ2v) is 4.80. The summed E-state index contributed by atoms with van der Waals surface area (Å²) in [5.41, 5.74) is 2.39. The molecule has 20 heavy (non-hydrogen) atoms. The van der Waals surface area contributed by atoms with E-state index in [1.54, 1.807) is 12.1 Å². The van der Waals surface area contributed by atoms with Crippen LogP contribution in [0.4, 0.5) is 5.82 Å². The van der Waals surface area contributed by atoms with Crippen LogP contribution in [0.25, 0.3) is 0 Å². The van der Waals surface area contributed by atoms with Gasteiger partial charge in [-0.25, -0.2) is 4.98 Å². The summed E-state index contributed by atoms with van der Waals surface area (Å²) in [7, 11) is 0. The van der Waals surface area contributed by atoms with Gasteiger partial charge in [0.1, 0.15) is 5.82 Å². The number of aromatic nitrogens is 1. The molecule has 4 nitrogen and oxygen atoms in total. The van der Waals surface area contributed by atoms with E-state index in [2.05, 4.69) is 15.6 Å². The minimum atomic E-state index is -0.228. The Labute approximate surface area is 123 Å². The second-order valence-electron chi connectivity index (χ2n) is 4.39. The number of hydrogen-bond donors (Lipinski definition) is 2. The molecule has 0 atom stereocenters. The van der Waals surface area contributed by atoms with Gasteiger partial charge in [-0.1, -0.05) is 24.3 Å². The van der Waals surface area contributed by atoms with E-state index in [0.29, 0.717) is 11.4 Å². The Morgan fingerprint density at radius 3 is 2.55 bits per heavy atom. The van der Waals surface area contributed by atoms with E-state index in [9.17, 15) is 4.79 Å². The van der Waals surface area contributed by atoms with E-state index in [1.165, 1.54) is 0 Å². The molecular formula is C15H15N3OS. The number of anilines is 1. The molecule has 1 heterocycles. The zero-order valence-corrected chi connectivity index (χ0v) is 12.1. The number of rotatable bonds is 2. The van der Waals surface area contributed by atoms with E-state index >= 15 is 0 Å². The van der Waals surface area contributed by atoms with Gasteiger partial charge in [0.2, 0.25) is 0 Å². The third-order valence-corrected chi connectivity index (χ3v) is 2.95. The maximum absolute atomic E-state index is 12.1. The molecule has 0 spiro atoms. The maximum Gasteiger partial charge on any atom is 0.257 e. The first kappa shape index (κ1) is 14.1. The zero-order valence-electron chi connectivity index (χ0n) is 11.3. The van der Waals surface area contributed by atoms with Gasteiger partial charge in [0.05, 0.1) is 0 Å². The van der Waals surface area contributed by atoms with E-state index < -0.39 is 0 Å². The zero-order chi connectivity index (χ0) is 14.5. The maximum atomic E-state index is 12.1. The summed E-state index contributed by atoms with van der Waals surface area (Å²) in [5.74, 6) is 0.383. The molecule has 0 unspecified atom stereocenters. The van der Waals surface area contributed by atoms with Gasteiger partial charge < -0.3 is 5.32 Å². The highest BCUT2D eigenvalue weighted by Gasteiger charge is 2.10. The molecule has 2 N–H and O–H groups in total. The van der Waals surface area contributed by atoms with Gasteiger partial charge in [0, 0.05) is 11.3 Å². The predicted octanol–water partition coefficient (Wildman–Crippen LogP) is 2.83. The lowest BCUT2D eigenvalue weighted by molar-refractivity contribution is 0.0977. The molecule has 102 valence electrons. The van der Waals surface area contributed by atoms with Crippen molar-refractivity contribution >= 4 is 29.1 Å². The number of thiocarbonyl (C=S) groups is 1. The second kappa shape index (κ2) is 6.25. The third-order valence-electron chi connectivity index (χ3n) is 2.75. The van der Waals surface area contributed by atoms with Gasteiger partial charge in [0.25, 0.3) is 5.91 Å². The quantitative estimate of drug-likeness (QED) is 0.833. The van der Waals surface area contributed by atoms with Crippen molar-refractivity contribution in [2.45, 2.75) is 13.8 Å². The Bertz CT molecular complexity index is 655. The van der Waals surface area contributed by atoms with Gasteiger partial charge >= 0.3 is 0 Å². The molecule has 0 saturated carbocycles. The molecule has 1 aromatic carbocycles. The molecule has 5 heteroatoms. The summed E-state index contributed by atoms with van der Waals surface area (Å²) < 4.78 is 0. The average molecular weight is 285 g/mol. The van der Waals surface area contributed by atoms with Gasteiger partial charge in [0.15, 0.2) is 5.11 Å². The fourth-order valence-corrected chi connectivity index (χ4v) is 1.96. The van der Waals surface area contributed by atoms with Crippen molar-refractivity contribution < 1.29 is 4.79 Å². The Kier molecular flexibility index (Phi) is 4.42. The van der Waals surface area contributed by atoms with Gasteiger partial charge in [-0.05, 0) is 49.8 Å². The van der Waals surface area contributed by atoms with E-state index in [4.69, 9.17) is 12.2 Å². The predicted molar refractivity (Wildman–Crippen MR) is 83.8 cm³/mol. The summed E-state index contributed by atoms with van der Waals surface area (Å²) in [4.78, 5) is 16.3. The number of nitrogens with one attached hydrogen (secondary N) is 2. The monoisotopic (exact) mass is 285 g/mol. The molecule has 0 aliphatic heterocycles. The van der Waals surface area contributed by atoms with Gasteiger partial charge in [-0.15, -0.1) is 0 Å². The lowest BCUT2D eigenvalue weighted by Gasteiger charge is -2.10. The molecule has 2 rings (SSSR count). The Hall–Kier alpha value is -2.27. The largest absolute Gasteiger partial charge is 0.317 e. The normalized spacial score (nSPS) is 9.90. The average Bonchev–Trinajstić information content (AvgIpc) is 2.38. The van der Waals surface area contributed by atoms with E-state index in [-0.39, 0.29) is 11.0 Å². The summed E-state index contributed by atoms with van der Waals surface area (Å²) in [5, 5.41) is 5.77. The van der Waals surface area contributed by atoms with E-state index in [1.807, 2.05) is 44.2 Å². The smallest absolute Gasteiger partial charge is 0.257 e. The Morgan fingerprint density at radius 2 is 1.85 bits per heavy atom. The summed E-state index contributed by atoms with van der Waals surface area (Å²) >= 11 is 5.12. The van der Waals surface area contributed by atoms with Crippen LogP contribution in [0.5, 0.6) is 0 Å². The molecule has 1 amide bonds. The summed E-state index contributed by atoms with van der Waals surface area (Å²) in [6.07, 6.45) is 0. The molecule has 0 saturated heterocycles. The highest BCUT2D eigenvalue weighted by atomic mass is 32.1. The first-order valence-corrected chi connectivity index (χ1v) is 6.59. The van der Waals surface area contributed by atoms with Crippen LogP contribution in [-0.2, 0) is 0 Å². The highest BCUT2D eigenvalue weighted by molar-refractivity contribution is 7.80. The first-order chi connectivity index (χ1) is 9.56. The standard InChI is InChI=1S/C15H15N3OS/c1-10-6-3-4-8-12(10)14(19)18-15(20)17-13-9-5-7-11(2)16-13/h3-9H,1-2H3,(H2,16,17,18,19,20). The minimum Gasteiger partial charge on any atom is -0.317 e. The minimum absolute atomic E-state index is 0.228. The topological polar surface area (TPSA) is 54.0 Å². The SMILES string of the molecule is Cc1cccc(NC(=S)NC(=O)c2ccccc2C)n1. The number of aryl methyl sites for hydroxylation is 2. The van der Waals surface area contributed by atoms with Crippen LogP contribution in [0.15, 0.2) is 42.5 Å². The van der Waals surface area contributed by atoms with Crippen LogP contribution < -0.4 is 10.6 Å². The molecular weight excluding hydrogens is 270 g/mol. The number of nitrogens with zero attached hydrogens (tertiary/aromatic N) is 1. The van der Waals surface area contributed by atoms with Crippen molar-refractivity contribution in [2.24, 2.45) is 0 Å². The summed E-state index contributed by atoms with van der Waals surface area (Å²) in [6.45, 7) is 3.77. The Morgan fingerprint density at radius 1 is 1.10 bits per heavy atom. The fraction of sp³-hybridized carbons (Fsp3) is 0.133. The number of pyridine rings is 1. The molecule has 0 radical (unpaired) electrons. The van der Waals surface area contributed by atoms with Gasteiger partial charge in [-0.3, -0.25) is 10.1 Å².